The summed E-state index contributed by atoms with van der Waals surface area (Å²) in [5, 5.41) is 10.5. The molecule has 0 spiro atoms. The highest BCUT2D eigenvalue weighted by atomic mass is 35.5. The lowest BCUT2D eigenvalue weighted by atomic mass is 10.1. The third-order valence-corrected chi connectivity index (χ3v) is 4.35. The van der Waals surface area contributed by atoms with Gasteiger partial charge in [-0.1, -0.05) is 0 Å². The van der Waals surface area contributed by atoms with Gasteiger partial charge in [-0.2, -0.15) is 5.10 Å². The smallest absolute Gasteiger partial charge is 0.278 e. The Morgan fingerprint density at radius 1 is 1.15 bits per heavy atom. The zero-order chi connectivity index (χ0) is 18.0. The molecule has 1 aliphatic rings. The molecule has 0 atom stereocenters. The molecule has 1 aromatic heterocycles. The Hall–Kier alpha value is -2.45. The van der Waals surface area contributed by atoms with Gasteiger partial charge in [0.2, 0.25) is 5.75 Å². The molecule has 1 aromatic carbocycles. The Kier molecular flexibility index (Phi) is 6.33. The largest absolute Gasteiger partial charge is 0.493 e. The summed E-state index contributed by atoms with van der Waals surface area (Å²) in [7, 11) is 6.32. The first-order chi connectivity index (χ1) is 12.1. The molecule has 0 aliphatic carbocycles. The van der Waals surface area contributed by atoms with E-state index in [1.807, 2.05) is 0 Å². The zero-order valence-corrected chi connectivity index (χ0v) is 16.0. The van der Waals surface area contributed by atoms with Crippen LogP contribution in [0.25, 0.3) is 0 Å². The van der Waals surface area contributed by atoms with Crippen molar-refractivity contribution < 1.29 is 19.0 Å². The highest BCUT2D eigenvalue weighted by Crippen LogP contribution is 2.41. The lowest BCUT2D eigenvalue weighted by Gasteiger charge is -2.21. The number of nitrogens with one attached hydrogen (secondary N) is 2. The molecule has 1 aliphatic heterocycles. The summed E-state index contributed by atoms with van der Waals surface area (Å²) in [6.07, 6.45) is 0.837. The summed E-state index contributed by atoms with van der Waals surface area (Å²) in [6.45, 7) is 1.52. The third-order valence-electron chi connectivity index (χ3n) is 4.35. The second-order valence-electron chi connectivity index (χ2n) is 5.70. The van der Waals surface area contributed by atoms with Crippen LogP contribution in [0.15, 0.2) is 12.1 Å². The molecule has 3 rings (SSSR count). The highest BCUT2D eigenvalue weighted by molar-refractivity contribution is 6.05. The molecular weight excluding hydrogens is 360 g/mol. The quantitative estimate of drug-likeness (QED) is 0.819. The molecule has 2 aromatic rings. The van der Waals surface area contributed by atoms with Gasteiger partial charge in [0.25, 0.3) is 5.91 Å². The van der Waals surface area contributed by atoms with Crippen LogP contribution in [-0.4, -0.2) is 51.0 Å². The number of benzene rings is 1. The topological polar surface area (TPSA) is 88.7 Å². The first-order valence-corrected chi connectivity index (χ1v) is 7.95. The van der Waals surface area contributed by atoms with Crippen LogP contribution in [0, 0.1) is 0 Å². The van der Waals surface area contributed by atoms with Crippen molar-refractivity contribution in [1.82, 2.24) is 15.5 Å². The number of carbonyl (C=O) groups excluding carboxylic acids is 1. The van der Waals surface area contributed by atoms with E-state index in [-0.39, 0.29) is 18.3 Å². The molecular formula is C17H23ClN4O4. The number of halogens is 1. The lowest BCUT2D eigenvalue weighted by Crippen LogP contribution is -2.30. The Labute approximate surface area is 158 Å². The summed E-state index contributed by atoms with van der Waals surface area (Å²) in [4.78, 5) is 14.5. The first-order valence-electron chi connectivity index (χ1n) is 7.95. The van der Waals surface area contributed by atoms with E-state index in [0.717, 1.165) is 24.2 Å². The predicted molar refractivity (Wildman–Crippen MR) is 100 cm³/mol. The van der Waals surface area contributed by atoms with E-state index < -0.39 is 0 Å². The number of anilines is 1. The SMILES string of the molecule is COc1cc(N(C)C(=O)c2n[nH]c3c2CNCC3)cc(OC)c1OC.Cl. The van der Waals surface area contributed by atoms with E-state index in [9.17, 15) is 4.79 Å². The van der Waals surface area contributed by atoms with Gasteiger partial charge in [-0.05, 0) is 0 Å². The number of fused-ring (bicyclic) bond motifs is 1. The van der Waals surface area contributed by atoms with Crippen molar-refractivity contribution in [1.29, 1.82) is 0 Å². The average molecular weight is 383 g/mol. The van der Waals surface area contributed by atoms with E-state index in [0.29, 0.717) is 35.2 Å². The summed E-state index contributed by atoms with van der Waals surface area (Å²) in [5.74, 6) is 1.26. The number of amides is 1. The van der Waals surface area contributed by atoms with Crippen LogP contribution in [-0.2, 0) is 13.0 Å². The second kappa shape index (κ2) is 8.29. The number of hydrogen-bond acceptors (Lipinski definition) is 6. The van der Waals surface area contributed by atoms with Crippen molar-refractivity contribution in [3.05, 3.63) is 29.1 Å². The number of nitrogens with zero attached hydrogens (tertiary/aromatic N) is 2. The van der Waals surface area contributed by atoms with Crippen LogP contribution in [0.2, 0.25) is 0 Å². The van der Waals surface area contributed by atoms with E-state index in [1.165, 1.54) is 12.0 Å². The van der Waals surface area contributed by atoms with Crippen molar-refractivity contribution in [3.8, 4) is 17.2 Å². The van der Waals surface area contributed by atoms with Gasteiger partial charge in [-0.25, -0.2) is 0 Å². The number of carbonyl (C=O) groups is 1. The maximum atomic E-state index is 12.9. The fourth-order valence-electron chi connectivity index (χ4n) is 2.94. The van der Waals surface area contributed by atoms with Crippen LogP contribution in [0.1, 0.15) is 21.7 Å². The van der Waals surface area contributed by atoms with Crippen LogP contribution in [0.3, 0.4) is 0 Å². The summed E-state index contributed by atoms with van der Waals surface area (Å²) >= 11 is 0. The molecule has 0 unspecified atom stereocenters. The predicted octanol–water partition coefficient (Wildman–Crippen LogP) is 1.78. The number of aromatic amines is 1. The minimum atomic E-state index is -0.199. The van der Waals surface area contributed by atoms with E-state index in [2.05, 4.69) is 15.5 Å². The molecule has 0 saturated heterocycles. The van der Waals surface area contributed by atoms with Crippen LogP contribution < -0.4 is 24.4 Å². The van der Waals surface area contributed by atoms with Crippen molar-refractivity contribution in [2.24, 2.45) is 0 Å². The first kappa shape index (κ1) is 19.9. The van der Waals surface area contributed by atoms with Gasteiger partial charge in [0, 0.05) is 49.9 Å². The highest BCUT2D eigenvalue weighted by Gasteiger charge is 2.26. The summed E-state index contributed by atoms with van der Waals surface area (Å²) < 4.78 is 16.0. The van der Waals surface area contributed by atoms with Gasteiger partial charge in [0.15, 0.2) is 17.2 Å². The van der Waals surface area contributed by atoms with Crippen molar-refractivity contribution >= 4 is 24.0 Å². The molecule has 1 amide bonds. The van der Waals surface area contributed by atoms with E-state index >= 15 is 0 Å². The molecule has 0 fully saturated rings. The number of ether oxygens (including phenoxy) is 3. The van der Waals surface area contributed by atoms with Crippen LogP contribution >= 0.6 is 12.4 Å². The van der Waals surface area contributed by atoms with Gasteiger partial charge in [-0.3, -0.25) is 9.89 Å². The Bertz CT molecular complexity index is 768. The third kappa shape index (κ3) is 3.42. The molecule has 142 valence electrons. The van der Waals surface area contributed by atoms with Gasteiger partial charge < -0.3 is 24.4 Å². The molecule has 0 radical (unpaired) electrons. The molecule has 0 bridgehead atoms. The molecule has 2 heterocycles. The molecule has 26 heavy (non-hydrogen) atoms. The van der Waals surface area contributed by atoms with Crippen molar-refractivity contribution in [2.45, 2.75) is 13.0 Å². The molecule has 0 saturated carbocycles. The Balaban J connectivity index is 0.00000243. The fourth-order valence-corrected chi connectivity index (χ4v) is 2.94. The zero-order valence-electron chi connectivity index (χ0n) is 15.2. The Morgan fingerprint density at radius 3 is 2.38 bits per heavy atom. The monoisotopic (exact) mass is 382 g/mol. The average Bonchev–Trinajstić information content (AvgIpc) is 3.09. The maximum Gasteiger partial charge on any atom is 0.278 e. The standard InChI is InChI=1S/C17H22N4O4.ClH/c1-21(10-7-13(23-2)16(25-4)14(8-10)24-3)17(22)15-11-9-18-6-5-12(11)19-20-15;/h7-8,18H,5-6,9H2,1-4H3,(H,19,20);1H. The maximum absolute atomic E-state index is 12.9. The summed E-state index contributed by atoms with van der Waals surface area (Å²) in [6, 6.07) is 3.47. The molecule has 9 heteroatoms. The number of rotatable bonds is 5. The number of aromatic nitrogens is 2. The van der Waals surface area contributed by atoms with E-state index in [4.69, 9.17) is 14.2 Å². The van der Waals surface area contributed by atoms with Gasteiger partial charge >= 0.3 is 0 Å². The van der Waals surface area contributed by atoms with Crippen molar-refractivity contribution in [3.63, 3.8) is 0 Å². The van der Waals surface area contributed by atoms with E-state index in [1.54, 1.807) is 33.4 Å². The van der Waals surface area contributed by atoms with Crippen LogP contribution in [0.5, 0.6) is 17.2 Å². The van der Waals surface area contributed by atoms with Gasteiger partial charge in [-0.15, -0.1) is 12.4 Å². The van der Waals surface area contributed by atoms with Crippen molar-refractivity contribution in [2.75, 3.05) is 39.8 Å². The lowest BCUT2D eigenvalue weighted by molar-refractivity contribution is 0.0987. The molecule has 8 nitrogen and oxygen atoms in total. The normalized spacial score (nSPS) is 12.6. The van der Waals surface area contributed by atoms with Crippen LogP contribution in [0.4, 0.5) is 5.69 Å². The Morgan fingerprint density at radius 2 is 1.81 bits per heavy atom. The van der Waals surface area contributed by atoms with Gasteiger partial charge in [0.1, 0.15) is 0 Å². The number of methoxy groups -OCH3 is 3. The second-order valence-corrected chi connectivity index (χ2v) is 5.70. The number of hydrogen-bond donors (Lipinski definition) is 2. The number of H-pyrrole nitrogens is 1. The summed E-state index contributed by atoms with van der Waals surface area (Å²) in [5.41, 5.74) is 2.99. The minimum Gasteiger partial charge on any atom is -0.493 e. The van der Waals surface area contributed by atoms with Gasteiger partial charge in [0.05, 0.1) is 27.0 Å². The minimum absolute atomic E-state index is 0. The molecule has 2 N–H and O–H groups in total. The fraction of sp³-hybridized carbons (Fsp3) is 0.412.